The average Bonchev–Trinajstić information content (AvgIpc) is 2.61. The fourth-order valence-corrected chi connectivity index (χ4v) is 2.95. The van der Waals surface area contributed by atoms with Gasteiger partial charge in [-0.05, 0) is 49.4 Å². The smallest absolute Gasteiger partial charge is 0.255 e. The Morgan fingerprint density at radius 3 is 2.44 bits per heavy atom. The van der Waals surface area contributed by atoms with Gasteiger partial charge in [-0.2, -0.15) is 0 Å². The molecule has 25 heavy (non-hydrogen) atoms. The van der Waals surface area contributed by atoms with Crippen molar-refractivity contribution >= 4 is 17.3 Å². The first-order valence-corrected chi connectivity index (χ1v) is 8.68. The molecule has 5 nitrogen and oxygen atoms in total. The van der Waals surface area contributed by atoms with E-state index in [0.717, 1.165) is 44.0 Å². The van der Waals surface area contributed by atoms with Crippen LogP contribution in [-0.2, 0) is 6.54 Å². The van der Waals surface area contributed by atoms with Crippen LogP contribution in [0.4, 0.5) is 11.4 Å². The molecule has 1 heterocycles. The third-order valence-electron chi connectivity index (χ3n) is 4.76. The summed E-state index contributed by atoms with van der Waals surface area (Å²) in [6.45, 7) is 7.28. The van der Waals surface area contributed by atoms with Crippen LogP contribution in [0.5, 0.6) is 0 Å². The summed E-state index contributed by atoms with van der Waals surface area (Å²) in [5.74, 6) is -0.116. The maximum atomic E-state index is 12.4. The minimum atomic E-state index is -0.116. The Kier molecular flexibility index (Phi) is 5.36. The van der Waals surface area contributed by atoms with E-state index in [2.05, 4.69) is 22.2 Å². The second-order valence-corrected chi connectivity index (χ2v) is 6.80. The van der Waals surface area contributed by atoms with Gasteiger partial charge in [0, 0.05) is 52.5 Å². The summed E-state index contributed by atoms with van der Waals surface area (Å²) in [5.41, 5.74) is 10.2. The lowest BCUT2D eigenvalue weighted by molar-refractivity contribution is 0.102. The summed E-state index contributed by atoms with van der Waals surface area (Å²) in [6, 6.07) is 13.4. The molecule has 1 amide bonds. The van der Waals surface area contributed by atoms with Crippen molar-refractivity contribution in [3.8, 4) is 0 Å². The predicted molar refractivity (Wildman–Crippen MR) is 107 cm³/mol. The molecule has 2 aromatic carbocycles. The third kappa shape index (κ3) is 4.59. The van der Waals surface area contributed by atoms with Gasteiger partial charge in [-0.1, -0.05) is 18.2 Å². The Labute approximate surface area is 152 Å². The zero-order valence-corrected chi connectivity index (χ0v) is 15.0. The Morgan fingerprint density at radius 1 is 1.12 bits per heavy atom. The number of hydrogen-bond donors (Lipinski definition) is 2. The van der Waals surface area contributed by atoms with E-state index in [1.165, 1.54) is 5.56 Å². The second-order valence-electron chi connectivity index (χ2n) is 6.80. The van der Waals surface area contributed by atoms with Crippen LogP contribution in [0.3, 0.4) is 0 Å². The fourth-order valence-electron chi connectivity index (χ4n) is 2.95. The lowest BCUT2D eigenvalue weighted by Crippen LogP contribution is -2.43. The Balaban J connectivity index is 0.00000182. The van der Waals surface area contributed by atoms with Crippen LogP contribution in [0.15, 0.2) is 42.5 Å². The van der Waals surface area contributed by atoms with Gasteiger partial charge in [-0.3, -0.25) is 9.69 Å². The van der Waals surface area contributed by atoms with Gasteiger partial charge in [0.25, 0.3) is 5.91 Å². The largest absolute Gasteiger partial charge is 0.398 e. The number of aryl methyl sites for hydroxylation is 1. The van der Waals surface area contributed by atoms with E-state index in [9.17, 15) is 4.79 Å². The van der Waals surface area contributed by atoms with Crippen LogP contribution in [0.25, 0.3) is 0 Å². The SMILES string of the molecule is Cc1ccc(NC(=O)c2ccc(CN3CCN(C)CC3)cc2)cc1N.[HH].[HH]. The van der Waals surface area contributed by atoms with Crippen LogP contribution in [-0.4, -0.2) is 48.9 Å². The van der Waals surface area contributed by atoms with Crippen molar-refractivity contribution in [3.05, 3.63) is 59.2 Å². The lowest BCUT2D eigenvalue weighted by Gasteiger charge is -2.32. The molecule has 0 radical (unpaired) electrons. The van der Waals surface area contributed by atoms with Gasteiger partial charge in [0.05, 0.1) is 0 Å². The van der Waals surface area contributed by atoms with E-state index in [4.69, 9.17) is 5.73 Å². The van der Waals surface area contributed by atoms with Crippen molar-refractivity contribution in [2.75, 3.05) is 44.3 Å². The number of likely N-dealkylation sites (N-methyl/N-ethyl adjacent to an activating group) is 1. The number of carbonyl (C=O) groups excluding carboxylic acids is 1. The van der Waals surface area contributed by atoms with Gasteiger partial charge in [0.1, 0.15) is 0 Å². The molecular weight excluding hydrogens is 312 g/mol. The van der Waals surface area contributed by atoms with Crippen LogP contribution >= 0.6 is 0 Å². The van der Waals surface area contributed by atoms with E-state index in [0.29, 0.717) is 11.3 Å². The standard InChI is InChI=1S/C20H26N4O.2H2/c1-15-3-8-18(13-19(15)21)22-20(25)17-6-4-16(5-7-17)14-24-11-9-23(2)10-12-24;;/h3-8,13H,9-12,14,21H2,1-2H3,(H,22,25);2*1H. The highest BCUT2D eigenvalue weighted by molar-refractivity contribution is 6.04. The number of amides is 1. The molecule has 136 valence electrons. The highest BCUT2D eigenvalue weighted by Crippen LogP contribution is 2.18. The summed E-state index contributed by atoms with van der Waals surface area (Å²) in [5, 5.41) is 2.90. The van der Waals surface area contributed by atoms with Crippen molar-refractivity contribution < 1.29 is 7.65 Å². The minimum Gasteiger partial charge on any atom is -0.398 e. The normalized spacial score (nSPS) is 15.9. The van der Waals surface area contributed by atoms with Gasteiger partial charge >= 0.3 is 0 Å². The first-order chi connectivity index (χ1) is 12.0. The van der Waals surface area contributed by atoms with Gasteiger partial charge < -0.3 is 16.0 Å². The van der Waals surface area contributed by atoms with Gasteiger partial charge in [0.2, 0.25) is 0 Å². The number of carbonyl (C=O) groups is 1. The van der Waals surface area contributed by atoms with Crippen LogP contribution < -0.4 is 11.1 Å². The Hall–Kier alpha value is -2.37. The van der Waals surface area contributed by atoms with Crippen LogP contribution in [0.2, 0.25) is 0 Å². The Bertz CT molecular complexity index is 744. The number of nitrogens with one attached hydrogen (secondary N) is 1. The fraction of sp³-hybridized carbons (Fsp3) is 0.350. The lowest BCUT2D eigenvalue weighted by atomic mass is 10.1. The van der Waals surface area contributed by atoms with Crippen LogP contribution in [0, 0.1) is 6.92 Å². The summed E-state index contributed by atoms with van der Waals surface area (Å²) >= 11 is 0. The number of anilines is 2. The quantitative estimate of drug-likeness (QED) is 0.838. The van der Waals surface area contributed by atoms with E-state index >= 15 is 0 Å². The maximum absolute atomic E-state index is 12.4. The monoisotopic (exact) mass is 342 g/mol. The molecule has 1 fully saturated rings. The molecule has 1 aliphatic heterocycles. The van der Waals surface area contributed by atoms with Crippen molar-refractivity contribution in [3.63, 3.8) is 0 Å². The summed E-state index contributed by atoms with van der Waals surface area (Å²) in [7, 11) is 2.16. The molecule has 0 spiro atoms. The van der Waals surface area contributed by atoms with Gasteiger partial charge in [-0.15, -0.1) is 0 Å². The minimum absolute atomic E-state index is 0. The molecule has 0 unspecified atom stereocenters. The average molecular weight is 342 g/mol. The van der Waals surface area contributed by atoms with E-state index in [1.54, 1.807) is 6.07 Å². The Morgan fingerprint density at radius 2 is 1.80 bits per heavy atom. The molecule has 1 aliphatic rings. The van der Waals surface area contributed by atoms with E-state index in [1.807, 2.05) is 43.3 Å². The zero-order chi connectivity index (χ0) is 17.8. The molecule has 5 heteroatoms. The molecule has 3 rings (SSSR count). The number of rotatable bonds is 4. The van der Waals surface area contributed by atoms with Crippen LogP contribution in [0.1, 0.15) is 24.3 Å². The van der Waals surface area contributed by atoms with E-state index < -0.39 is 0 Å². The molecule has 3 N–H and O–H groups in total. The molecular formula is C20H30N4O. The van der Waals surface area contributed by atoms with Crippen molar-refractivity contribution in [1.82, 2.24) is 9.80 Å². The number of nitrogens with two attached hydrogens (primary N) is 1. The van der Waals surface area contributed by atoms with Gasteiger partial charge in [-0.25, -0.2) is 0 Å². The summed E-state index contributed by atoms with van der Waals surface area (Å²) < 4.78 is 0. The molecule has 0 bridgehead atoms. The molecule has 0 aliphatic carbocycles. The van der Waals surface area contributed by atoms with Crippen molar-refractivity contribution in [2.24, 2.45) is 0 Å². The summed E-state index contributed by atoms with van der Waals surface area (Å²) in [4.78, 5) is 17.2. The number of nitrogens with zero attached hydrogens (tertiary/aromatic N) is 2. The predicted octanol–water partition coefficient (Wildman–Crippen LogP) is 3.07. The number of piperazine rings is 1. The first-order valence-electron chi connectivity index (χ1n) is 8.68. The molecule has 1 saturated heterocycles. The van der Waals surface area contributed by atoms with Crippen molar-refractivity contribution in [1.29, 1.82) is 0 Å². The highest BCUT2D eigenvalue weighted by Gasteiger charge is 2.14. The number of benzene rings is 2. The number of hydrogen-bond acceptors (Lipinski definition) is 4. The highest BCUT2D eigenvalue weighted by atomic mass is 16.1. The van der Waals surface area contributed by atoms with Gasteiger partial charge in [0.15, 0.2) is 0 Å². The molecule has 2 aromatic rings. The topological polar surface area (TPSA) is 61.6 Å². The molecule has 0 saturated carbocycles. The molecule has 0 atom stereocenters. The summed E-state index contributed by atoms with van der Waals surface area (Å²) in [6.07, 6.45) is 0. The maximum Gasteiger partial charge on any atom is 0.255 e. The van der Waals surface area contributed by atoms with E-state index in [-0.39, 0.29) is 8.76 Å². The van der Waals surface area contributed by atoms with Crippen molar-refractivity contribution in [2.45, 2.75) is 13.5 Å². The molecule has 0 aromatic heterocycles. The second kappa shape index (κ2) is 7.68. The first kappa shape index (κ1) is 17.5. The number of nitrogen functional groups attached to an aromatic ring is 1. The third-order valence-corrected chi connectivity index (χ3v) is 4.76. The zero-order valence-electron chi connectivity index (χ0n) is 15.0.